The van der Waals surface area contributed by atoms with Crippen molar-refractivity contribution < 1.29 is 4.79 Å². The number of rotatable bonds is 8. The average Bonchev–Trinajstić information content (AvgIpc) is 3.65. The van der Waals surface area contributed by atoms with E-state index in [0.29, 0.717) is 17.9 Å². The highest BCUT2D eigenvalue weighted by Gasteiger charge is 2.27. The minimum atomic E-state index is -0.113. The number of nitrogens with zero attached hydrogens (tertiary/aromatic N) is 6. The lowest BCUT2D eigenvalue weighted by atomic mass is 9.91. The monoisotopic (exact) mass is 537 g/mol. The normalized spacial score (nSPS) is 16.4. The molecule has 2 aromatic carbocycles. The third kappa shape index (κ3) is 4.86. The van der Waals surface area contributed by atoms with Gasteiger partial charge in [0.05, 0.1) is 17.8 Å². The fraction of sp³-hybridized carbons (Fsp3) is 0.387. The summed E-state index contributed by atoms with van der Waals surface area (Å²) >= 11 is 0. The summed E-state index contributed by atoms with van der Waals surface area (Å²) < 4.78 is 3.78. The number of aryl methyl sites for hydroxylation is 1. The second-order valence-corrected chi connectivity index (χ2v) is 10.7. The fourth-order valence-corrected chi connectivity index (χ4v) is 6.10. The third-order valence-corrected chi connectivity index (χ3v) is 8.19. The lowest BCUT2D eigenvalue weighted by molar-refractivity contribution is -0.119. The van der Waals surface area contributed by atoms with Crippen molar-refractivity contribution >= 4 is 17.4 Å². The van der Waals surface area contributed by atoms with E-state index in [9.17, 15) is 9.59 Å². The maximum Gasteiger partial charge on any atom is 0.259 e. The number of aromatic nitrogens is 4. The molecule has 1 N–H and O–H groups in total. The number of hydrogen-bond donors (Lipinski definition) is 1. The zero-order valence-corrected chi connectivity index (χ0v) is 23.1. The van der Waals surface area contributed by atoms with E-state index in [2.05, 4.69) is 69.7 Å². The molecule has 0 atom stereocenters. The van der Waals surface area contributed by atoms with Crippen molar-refractivity contribution in [3.8, 4) is 11.1 Å². The van der Waals surface area contributed by atoms with Gasteiger partial charge in [-0.3, -0.25) is 14.2 Å². The molecule has 9 heteroatoms. The molecule has 2 aliphatic rings. The van der Waals surface area contributed by atoms with Gasteiger partial charge in [-0.05, 0) is 48.6 Å². The number of amides is 1. The fourth-order valence-electron chi connectivity index (χ4n) is 6.10. The summed E-state index contributed by atoms with van der Waals surface area (Å²) in [6.45, 7) is 7.27. The van der Waals surface area contributed by atoms with Crippen molar-refractivity contribution in [1.82, 2.24) is 29.5 Å². The Morgan fingerprint density at radius 3 is 2.50 bits per heavy atom. The summed E-state index contributed by atoms with van der Waals surface area (Å²) in [6.07, 6.45) is 5.72. The van der Waals surface area contributed by atoms with E-state index in [-0.39, 0.29) is 23.9 Å². The van der Waals surface area contributed by atoms with E-state index in [1.165, 1.54) is 0 Å². The minimum Gasteiger partial charge on any atom is -0.303 e. The van der Waals surface area contributed by atoms with Crippen LogP contribution in [0, 0.1) is 0 Å². The summed E-state index contributed by atoms with van der Waals surface area (Å²) in [4.78, 5) is 33.3. The Hall–Kier alpha value is -4.11. The molecule has 0 aliphatic carbocycles. The van der Waals surface area contributed by atoms with Gasteiger partial charge in [0.2, 0.25) is 11.7 Å². The molecule has 0 radical (unpaired) electrons. The number of carbonyl (C=O) groups is 1. The first-order valence-corrected chi connectivity index (χ1v) is 14.3. The van der Waals surface area contributed by atoms with Crippen LogP contribution in [-0.4, -0.2) is 55.3 Å². The van der Waals surface area contributed by atoms with Crippen LogP contribution in [-0.2, 0) is 17.6 Å². The molecule has 40 heavy (non-hydrogen) atoms. The Bertz CT molecular complexity index is 1630. The van der Waals surface area contributed by atoms with Gasteiger partial charge < -0.3 is 4.90 Å². The Labute approximate surface area is 233 Å². The molecule has 0 unspecified atom stereocenters. The van der Waals surface area contributed by atoms with Gasteiger partial charge in [-0.2, -0.15) is 15.2 Å². The molecule has 2 aliphatic heterocycles. The van der Waals surface area contributed by atoms with Gasteiger partial charge in [-0.1, -0.05) is 62.7 Å². The van der Waals surface area contributed by atoms with Gasteiger partial charge >= 0.3 is 0 Å². The van der Waals surface area contributed by atoms with Gasteiger partial charge in [0.1, 0.15) is 6.33 Å². The Morgan fingerprint density at radius 1 is 1.00 bits per heavy atom. The van der Waals surface area contributed by atoms with E-state index < -0.39 is 0 Å². The first kappa shape index (κ1) is 26.1. The van der Waals surface area contributed by atoms with Crippen molar-refractivity contribution in [2.24, 2.45) is 5.10 Å². The lowest BCUT2D eigenvalue weighted by Gasteiger charge is -2.32. The Kier molecular flexibility index (Phi) is 7.30. The summed E-state index contributed by atoms with van der Waals surface area (Å²) in [6, 6.07) is 16.5. The highest BCUT2D eigenvalue weighted by molar-refractivity contribution is 6.16. The molecule has 2 aromatic heterocycles. The van der Waals surface area contributed by atoms with Gasteiger partial charge in [-0.15, -0.1) is 0 Å². The smallest absolute Gasteiger partial charge is 0.259 e. The second-order valence-electron chi connectivity index (χ2n) is 10.7. The van der Waals surface area contributed by atoms with Crippen molar-refractivity contribution in [3.05, 3.63) is 87.6 Å². The van der Waals surface area contributed by atoms with E-state index in [4.69, 9.17) is 0 Å². The number of benzene rings is 2. The van der Waals surface area contributed by atoms with Crippen LogP contribution in [0.4, 0.5) is 0 Å². The van der Waals surface area contributed by atoms with Crippen molar-refractivity contribution in [2.45, 2.75) is 58.4 Å². The number of fused-ring (bicyclic) bond motifs is 1. The lowest BCUT2D eigenvalue weighted by Crippen LogP contribution is -2.39. The van der Waals surface area contributed by atoms with Crippen molar-refractivity contribution in [2.75, 3.05) is 19.6 Å². The van der Waals surface area contributed by atoms with Gasteiger partial charge in [-0.25, -0.2) is 9.94 Å². The quantitative estimate of drug-likeness (QED) is 0.367. The van der Waals surface area contributed by atoms with E-state index >= 15 is 0 Å². The zero-order valence-electron chi connectivity index (χ0n) is 23.1. The molecule has 6 rings (SSSR count). The first-order valence-electron chi connectivity index (χ1n) is 14.3. The van der Waals surface area contributed by atoms with E-state index in [0.717, 1.165) is 78.8 Å². The first-order chi connectivity index (χ1) is 19.6. The molecule has 1 amide bonds. The number of nitrogens with one attached hydrogen (secondary N) is 1. The molecule has 1 fully saturated rings. The van der Waals surface area contributed by atoms with Crippen LogP contribution in [0.3, 0.4) is 0 Å². The van der Waals surface area contributed by atoms with Crippen LogP contribution in [0.25, 0.3) is 16.9 Å². The maximum atomic E-state index is 14.3. The van der Waals surface area contributed by atoms with Gasteiger partial charge in [0.15, 0.2) is 0 Å². The summed E-state index contributed by atoms with van der Waals surface area (Å²) in [5.41, 5.74) is 9.00. The Morgan fingerprint density at radius 2 is 1.80 bits per heavy atom. The molecule has 1 saturated heterocycles. The van der Waals surface area contributed by atoms with Crippen LogP contribution in [0.2, 0.25) is 0 Å². The van der Waals surface area contributed by atoms with Crippen molar-refractivity contribution in [1.29, 1.82) is 0 Å². The molecule has 0 saturated carbocycles. The van der Waals surface area contributed by atoms with Crippen molar-refractivity contribution in [3.63, 3.8) is 0 Å². The molecule has 4 heterocycles. The third-order valence-electron chi connectivity index (χ3n) is 8.19. The number of carbonyl (C=O) groups excluding carboxylic acids is 1. The summed E-state index contributed by atoms with van der Waals surface area (Å²) in [7, 11) is 0. The summed E-state index contributed by atoms with van der Waals surface area (Å²) in [5.74, 6) is 0.524. The highest BCUT2D eigenvalue weighted by Crippen LogP contribution is 2.29. The Balaban J connectivity index is 1.45. The predicted octanol–water partition coefficient (Wildman–Crippen LogP) is 3.98. The number of piperidine rings is 1. The topological polar surface area (TPSA) is 96.9 Å². The maximum absolute atomic E-state index is 14.3. The molecular weight excluding hydrogens is 502 g/mol. The molecular formula is C31H35N7O2. The average molecular weight is 538 g/mol. The molecule has 0 spiro atoms. The van der Waals surface area contributed by atoms with E-state index in [1.54, 1.807) is 6.33 Å². The van der Waals surface area contributed by atoms with Gasteiger partial charge in [0, 0.05) is 36.7 Å². The zero-order chi connectivity index (χ0) is 27.6. The van der Waals surface area contributed by atoms with Crippen LogP contribution >= 0.6 is 0 Å². The standard InChI is InChI=1S/C31H35N7O2/c1-3-8-28-26(30(40)37(31-32-20-33-38(28)31)23-13-15-36(4-2)16-14-23)18-21-11-12-24(22-9-6-5-7-10-22)25(17-21)27-19-29(39)35-34-27/h5-7,9-12,17,20,23H,3-4,8,13-16,18-19H2,1-2H3,(H,35,39). The largest absolute Gasteiger partial charge is 0.303 e. The number of hydrazone groups is 1. The number of likely N-dealkylation sites (tertiary alicyclic amines) is 1. The predicted molar refractivity (Wildman–Crippen MR) is 156 cm³/mol. The van der Waals surface area contributed by atoms with Crippen LogP contribution in [0.5, 0.6) is 0 Å². The van der Waals surface area contributed by atoms with Gasteiger partial charge in [0.25, 0.3) is 5.56 Å². The number of hydrogen-bond acceptors (Lipinski definition) is 6. The molecule has 206 valence electrons. The summed E-state index contributed by atoms with van der Waals surface area (Å²) in [5, 5.41) is 8.91. The van der Waals surface area contributed by atoms with Crippen LogP contribution in [0.1, 0.15) is 68.0 Å². The molecule has 0 bridgehead atoms. The highest BCUT2D eigenvalue weighted by atomic mass is 16.2. The van der Waals surface area contributed by atoms with Crippen LogP contribution < -0.4 is 11.0 Å². The van der Waals surface area contributed by atoms with E-state index in [1.807, 2.05) is 27.3 Å². The molecule has 4 aromatic rings. The van der Waals surface area contributed by atoms with Crippen LogP contribution in [0.15, 0.2) is 64.8 Å². The second kappa shape index (κ2) is 11.2. The molecule has 9 nitrogen and oxygen atoms in total. The minimum absolute atomic E-state index is 0.0302. The SMILES string of the molecule is CCCc1c(Cc2ccc(-c3ccccc3)c(C3=NNC(=O)C3)c2)c(=O)n(C2CCN(CC)CC2)c2ncnn12.